The molecule has 0 spiro atoms. The van der Waals surface area contributed by atoms with E-state index in [2.05, 4.69) is 17.6 Å². The average molecular weight is 214 g/mol. The second-order valence-electron chi connectivity index (χ2n) is 5.22. The first-order valence-corrected chi connectivity index (χ1v) is 5.59. The Kier molecular flexibility index (Phi) is 3.97. The summed E-state index contributed by atoms with van der Waals surface area (Å²) < 4.78 is 5.21. The van der Waals surface area contributed by atoms with Crippen LogP contribution in [0, 0.1) is 5.92 Å². The molecule has 0 aromatic rings. The minimum absolute atomic E-state index is 0.189. The number of alkyl carbamates (subject to hydrolysis) is 1. The van der Waals surface area contributed by atoms with E-state index in [0.717, 1.165) is 19.5 Å². The average Bonchev–Trinajstić information content (AvgIpc) is 2.05. The molecular weight excluding hydrogens is 192 g/mol. The van der Waals surface area contributed by atoms with Gasteiger partial charge in [-0.3, -0.25) is 0 Å². The van der Waals surface area contributed by atoms with E-state index >= 15 is 0 Å². The summed E-state index contributed by atoms with van der Waals surface area (Å²) in [6.07, 6.45) is 0.781. The van der Waals surface area contributed by atoms with Crippen LogP contribution in [0.2, 0.25) is 0 Å². The maximum Gasteiger partial charge on any atom is 0.407 e. The fraction of sp³-hybridized carbons (Fsp3) is 0.909. The maximum atomic E-state index is 11.5. The normalized spacial score (nSPS) is 27.2. The number of hydrogen-bond acceptors (Lipinski definition) is 3. The minimum Gasteiger partial charge on any atom is -0.444 e. The van der Waals surface area contributed by atoms with Crippen LogP contribution in [-0.4, -0.2) is 30.8 Å². The molecule has 4 heteroatoms. The van der Waals surface area contributed by atoms with Gasteiger partial charge in [0.15, 0.2) is 0 Å². The Hall–Kier alpha value is -0.770. The fourth-order valence-electron chi connectivity index (χ4n) is 1.64. The van der Waals surface area contributed by atoms with Gasteiger partial charge in [-0.2, -0.15) is 0 Å². The van der Waals surface area contributed by atoms with E-state index in [1.807, 2.05) is 20.8 Å². The number of piperidine rings is 1. The summed E-state index contributed by atoms with van der Waals surface area (Å²) in [5, 5.41) is 6.16. The highest BCUT2D eigenvalue weighted by Gasteiger charge is 2.25. The van der Waals surface area contributed by atoms with Gasteiger partial charge in [0.05, 0.1) is 0 Å². The smallest absolute Gasteiger partial charge is 0.407 e. The van der Waals surface area contributed by atoms with Crippen molar-refractivity contribution in [3.05, 3.63) is 0 Å². The van der Waals surface area contributed by atoms with Crippen LogP contribution in [0.3, 0.4) is 0 Å². The van der Waals surface area contributed by atoms with Crippen molar-refractivity contribution in [1.29, 1.82) is 0 Å². The number of carbonyl (C=O) groups is 1. The van der Waals surface area contributed by atoms with Gasteiger partial charge in [-0.05, 0) is 39.7 Å². The molecule has 1 heterocycles. The Balaban J connectivity index is 2.36. The Morgan fingerprint density at radius 3 is 2.67 bits per heavy atom. The lowest BCUT2D eigenvalue weighted by Gasteiger charge is -2.31. The summed E-state index contributed by atoms with van der Waals surface area (Å²) in [5.41, 5.74) is -0.421. The lowest BCUT2D eigenvalue weighted by molar-refractivity contribution is 0.0479. The molecule has 2 atom stereocenters. The van der Waals surface area contributed by atoms with Crippen LogP contribution in [0.4, 0.5) is 4.79 Å². The molecule has 1 saturated heterocycles. The summed E-state index contributed by atoms with van der Waals surface area (Å²) in [6, 6.07) is 0.189. The Morgan fingerprint density at radius 1 is 1.47 bits per heavy atom. The van der Waals surface area contributed by atoms with Crippen molar-refractivity contribution in [2.45, 2.75) is 45.8 Å². The zero-order valence-corrected chi connectivity index (χ0v) is 10.1. The Bertz CT molecular complexity index is 223. The van der Waals surface area contributed by atoms with Gasteiger partial charge in [0.25, 0.3) is 0 Å². The van der Waals surface area contributed by atoms with Crippen LogP contribution in [-0.2, 0) is 4.74 Å². The van der Waals surface area contributed by atoms with E-state index in [1.54, 1.807) is 0 Å². The molecule has 1 rings (SSSR count). The highest BCUT2D eigenvalue weighted by atomic mass is 16.6. The van der Waals surface area contributed by atoms with Crippen LogP contribution in [0.5, 0.6) is 0 Å². The Morgan fingerprint density at radius 2 is 2.13 bits per heavy atom. The quantitative estimate of drug-likeness (QED) is 0.695. The molecule has 1 aliphatic rings. The predicted octanol–water partition coefficient (Wildman–Crippen LogP) is 1.51. The third-order valence-corrected chi connectivity index (χ3v) is 2.53. The number of carbonyl (C=O) groups excluding carboxylic acids is 1. The van der Waals surface area contributed by atoms with Crippen molar-refractivity contribution < 1.29 is 9.53 Å². The third-order valence-electron chi connectivity index (χ3n) is 2.53. The molecule has 1 fully saturated rings. The summed E-state index contributed by atoms with van der Waals surface area (Å²) in [6.45, 7) is 9.64. The highest BCUT2D eigenvalue weighted by Crippen LogP contribution is 2.12. The van der Waals surface area contributed by atoms with Gasteiger partial charge in [0, 0.05) is 12.6 Å². The van der Waals surface area contributed by atoms with Gasteiger partial charge in [-0.25, -0.2) is 4.79 Å². The van der Waals surface area contributed by atoms with Gasteiger partial charge in [0.2, 0.25) is 0 Å². The van der Waals surface area contributed by atoms with Crippen LogP contribution in [0.1, 0.15) is 34.1 Å². The van der Waals surface area contributed by atoms with Crippen molar-refractivity contribution in [2.24, 2.45) is 5.92 Å². The van der Waals surface area contributed by atoms with Crippen LogP contribution in [0.25, 0.3) is 0 Å². The monoisotopic (exact) mass is 214 g/mol. The standard InChI is InChI=1S/C11H22N2O2/c1-8-5-6-12-7-9(8)13-10(14)15-11(2,3)4/h8-9,12H,5-7H2,1-4H3,(H,13,14)/t8-,9-/m1/s1. The summed E-state index contributed by atoms with van der Waals surface area (Å²) in [4.78, 5) is 11.5. The van der Waals surface area contributed by atoms with Crippen molar-refractivity contribution in [3.8, 4) is 0 Å². The molecule has 0 aliphatic carbocycles. The number of hydrogen-bond donors (Lipinski definition) is 2. The second kappa shape index (κ2) is 4.84. The number of rotatable bonds is 1. The van der Waals surface area contributed by atoms with Crippen molar-refractivity contribution in [1.82, 2.24) is 10.6 Å². The zero-order chi connectivity index (χ0) is 11.5. The Labute approximate surface area is 91.8 Å². The molecule has 0 aromatic heterocycles. The molecule has 88 valence electrons. The van der Waals surface area contributed by atoms with E-state index < -0.39 is 5.60 Å². The highest BCUT2D eigenvalue weighted by molar-refractivity contribution is 5.68. The molecule has 0 saturated carbocycles. The first kappa shape index (κ1) is 12.3. The third kappa shape index (κ3) is 4.51. The molecular formula is C11H22N2O2. The maximum absolute atomic E-state index is 11.5. The molecule has 0 unspecified atom stereocenters. The molecule has 1 amide bonds. The summed E-state index contributed by atoms with van der Waals surface area (Å²) in [7, 11) is 0. The van der Waals surface area contributed by atoms with Crippen molar-refractivity contribution in [2.75, 3.05) is 13.1 Å². The van der Waals surface area contributed by atoms with Crippen molar-refractivity contribution in [3.63, 3.8) is 0 Å². The molecule has 2 N–H and O–H groups in total. The van der Waals surface area contributed by atoms with Gasteiger partial charge in [-0.1, -0.05) is 6.92 Å². The first-order chi connectivity index (χ1) is 6.88. The minimum atomic E-state index is -0.421. The van der Waals surface area contributed by atoms with Crippen LogP contribution in [0.15, 0.2) is 0 Å². The van der Waals surface area contributed by atoms with Crippen LogP contribution >= 0.6 is 0 Å². The van der Waals surface area contributed by atoms with E-state index in [-0.39, 0.29) is 12.1 Å². The number of nitrogens with one attached hydrogen (secondary N) is 2. The molecule has 4 nitrogen and oxygen atoms in total. The van der Waals surface area contributed by atoms with E-state index in [0.29, 0.717) is 5.92 Å². The number of amides is 1. The fourth-order valence-corrected chi connectivity index (χ4v) is 1.64. The largest absolute Gasteiger partial charge is 0.444 e. The zero-order valence-electron chi connectivity index (χ0n) is 10.1. The van der Waals surface area contributed by atoms with Gasteiger partial charge < -0.3 is 15.4 Å². The molecule has 0 radical (unpaired) electrons. The van der Waals surface area contributed by atoms with E-state index in [4.69, 9.17) is 4.74 Å². The van der Waals surface area contributed by atoms with Crippen LogP contribution < -0.4 is 10.6 Å². The molecule has 15 heavy (non-hydrogen) atoms. The SMILES string of the molecule is C[C@@H]1CCNC[C@H]1NC(=O)OC(C)(C)C. The predicted molar refractivity (Wildman–Crippen MR) is 59.8 cm³/mol. The van der Waals surface area contributed by atoms with Gasteiger partial charge in [0.1, 0.15) is 5.60 Å². The number of ether oxygens (including phenoxy) is 1. The second-order valence-corrected chi connectivity index (χ2v) is 5.22. The summed E-state index contributed by atoms with van der Waals surface area (Å²) >= 11 is 0. The van der Waals surface area contributed by atoms with Gasteiger partial charge in [-0.15, -0.1) is 0 Å². The lowest BCUT2D eigenvalue weighted by Crippen LogP contribution is -2.51. The first-order valence-electron chi connectivity index (χ1n) is 5.59. The topological polar surface area (TPSA) is 50.4 Å². The van der Waals surface area contributed by atoms with Crippen molar-refractivity contribution >= 4 is 6.09 Å². The lowest BCUT2D eigenvalue weighted by atomic mass is 9.95. The summed E-state index contributed by atoms with van der Waals surface area (Å²) in [5.74, 6) is 0.513. The molecule has 1 aliphatic heterocycles. The van der Waals surface area contributed by atoms with E-state index in [1.165, 1.54) is 0 Å². The van der Waals surface area contributed by atoms with E-state index in [9.17, 15) is 4.79 Å². The molecule has 0 bridgehead atoms. The molecule has 0 aromatic carbocycles. The van der Waals surface area contributed by atoms with Gasteiger partial charge >= 0.3 is 6.09 Å².